The normalized spacial score (nSPS) is 16.5. The van der Waals surface area contributed by atoms with Crippen molar-refractivity contribution in [1.29, 1.82) is 0 Å². The van der Waals surface area contributed by atoms with Gasteiger partial charge in [-0.25, -0.2) is 8.42 Å². The van der Waals surface area contributed by atoms with Crippen molar-refractivity contribution < 1.29 is 22.9 Å². The van der Waals surface area contributed by atoms with E-state index in [4.69, 9.17) is 4.74 Å². The first-order chi connectivity index (χ1) is 13.4. The number of rotatable bonds is 7. The highest BCUT2D eigenvalue weighted by atomic mass is 32.2. The average molecular weight is 405 g/mol. The van der Waals surface area contributed by atoms with E-state index >= 15 is 0 Å². The second-order valence-corrected chi connectivity index (χ2v) is 7.93. The van der Waals surface area contributed by atoms with Crippen LogP contribution in [0.3, 0.4) is 0 Å². The summed E-state index contributed by atoms with van der Waals surface area (Å²) in [5.74, 6) is -0.419. The first-order valence-electron chi connectivity index (χ1n) is 8.63. The van der Waals surface area contributed by atoms with Crippen molar-refractivity contribution in [3.05, 3.63) is 64.2 Å². The maximum absolute atomic E-state index is 12.6. The maximum atomic E-state index is 12.6. The lowest BCUT2D eigenvalue weighted by Crippen LogP contribution is -2.32. The number of hydrogen-bond acceptors (Lipinski definition) is 6. The van der Waals surface area contributed by atoms with E-state index in [1.54, 1.807) is 12.1 Å². The molecule has 1 amide bonds. The third-order valence-electron chi connectivity index (χ3n) is 4.29. The van der Waals surface area contributed by atoms with Gasteiger partial charge in [-0.15, -0.1) is 0 Å². The van der Waals surface area contributed by atoms with Gasteiger partial charge in [0.15, 0.2) is 0 Å². The number of non-ortho nitro benzene ring substituents is 1. The molecule has 1 atom stereocenters. The minimum absolute atomic E-state index is 0.0343. The van der Waals surface area contributed by atoms with Gasteiger partial charge in [-0.3, -0.25) is 19.6 Å². The number of carbonyl (C=O) groups excluding carboxylic acids is 1. The van der Waals surface area contributed by atoms with Gasteiger partial charge < -0.3 is 10.1 Å². The highest BCUT2D eigenvalue weighted by molar-refractivity contribution is 7.92. The smallest absolute Gasteiger partial charge is 0.269 e. The molecule has 1 heterocycles. The monoisotopic (exact) mass is 405 g/mol. The summed E-state index contributed by atoms with van der Waals surface area (Å²) >= 11 is 0. The highest BCUT2D eigenvalue weighted by Crippen LogP contribution is 2.22. The molecule has 0 aliphatic carbocycles. The zero-order valence-electron chi connectivity index (χ0n) is 14.8. The zero-order valence-corrected chi connectivity index (χ0v) is 15.6. The summed E-state index contributed by atoms with van der Waals surface area (Å²) < 4.78 is 33.0. The molecule has 10 heteroatoms. The number of ether oxygens (including phenoxy) is 1. The largest absolute Gasteiger partial charge is 0.376 e. The zero-order chi connectivity index (χ0) is 20.1. The average Bonchev–Trinajstić information content (AvgIpc) is 3.20. The third-order valence-corrected chi connectivity index (χ3v) is 5.67. The summed E-state index contributed by atoms with van der Waals surface area (Å²) in [6.45, 7) is 1.02. The fourth-order valence-corrected chi connectivity index (χ4v) is 3.91. The predicted octanol–water partition coefficient (Wildman–Crippen LogP) is 2.30. The topological polar surface area (TPSA) is 128 Å². The maximum Gasteiger partial charge on any atom is 0.269 e. The first-order valence-corrected chi connectivity index (χ1v) is 10.1. The van der Waals surface area contributed by atoms with Gasteiger partial charge in [0.25, 0.3) is 21.6 Å². The lowest BCUT2D eigenvalue weighted by atomic mass is 10.1. The van der Waals surface area contributed by atoms with Crippen LogP contribution in [0, 0.1) is 10.1 Å². The van der Waals surface area contributed by atoms with E-state index in [9.17, 15) is 23.3 Å². The number of carbonyl (C=O) groups is 1. The Labute approximate surface area is 161 Å². The van der Waals surface area contributed by atoms with Crippen LogP contribution >= 0.6 is 0 Å². The summed E-state index contributed by atoms with van der Waals surface area (Å²) in [5, 5.41) is 13.5. The van der Waals surface area contributed by atoms with E-state index in [0.717, 1.165) is 37.1 Å². The van der Waals surface area contributed by atoms with Gasteiger partial charge in [0.1, 0.15) is 0 Å². The molecule has 1 fully saturated rings. The first kappa shape index (κ1) is 19.8. The molecular formula is C18H19N3O6S. The number of nitro groups is 1. The Bertz CT molecular complexity index is 969. The second-order valence-electron chi connectivity index (χ2n) is 6.25. The number of anilines is 1. The van der Waals surface area contributed by atoms with Gasteiger partial charge in [0.05, 0.1) is 27.2 Å². The quantitative estimate of drug-likeness (QED) is 0.537. The van der Waals surface area contributed by atoms with E-state index in [1.807, 2.05) is 0 Å². The molecule has 0 bridgehead atoms. The third kappa shape index (κ3) is 4.65. The van der Waals surface area contributed by atoms with Crippen LogP contribution in [0.5, 0.6) is 0 Å². The number of benzene rings is 2. The Morgan fingerprint density at radius 2 is 1.89 bits per heavy atom. The van der Waals surface area contributed by atoms with E-state index < -0.39 is 20.9 Å². The van der Waals surface area contributed by atoms with Crippen molar-refractivity contribution in [2.75, 3.05) is 17.9 Å². The van der Waals surface area contributed by atoms with Gasteiger partial charge in [-0.1, -0.05) is 12.1 Å². The van der Waals surface area contributed by atoms with Crippen LogP contribution in [0.15, 0.2) is 53.4 Å². The van der Waals surface area contributed by atoms with Crippen molar-refractivity contribution in [3.8, 4) is 0 Å². The van der Waals surface area contributed by atoms with E-state index in [-0.39, 0.29) is 27.9 Å². The standard InChI is InChI=1S/C18H19N3O6S/c22-18(19-12-14-4-3-11-27-14)16-5-1-2-6-17(16)20-28(25,26)15-9-7-13(8-10-15)21(23)24/h1-2,5-10,14,20H,3-4,11-12H2,(H,19,22)/t14-/m0/s1. The molecule has 0 radical (unpaired) electrons. The molecule has 1 saturated heterocycles. The van der Waals surface area contributed by atoms with Crippen LogP contribution in [0.1, 0.15) is 23.2 Å². The molecule has 3 rings (SSSR count). The van der Waals surface area contributed by atoms with Gasteiger partial charge >= 0.3 is 0 Å². The van der Waals surface area contributed by atoms with Gasteiger partial charge in [0.2, 0.25) is 0 Å². The molecule has 0 aromatic heterocycles. The number of nitro benzene ring substituents is 1. The summed E-state index contributed by atoms with van der Waals surface area (Å²) in [5.41, 5.74) is 0.0736. The fourth-order valence-electron chi connectivity index (χ4n) is 2.83. The van der Waals surface area contributed by atoms with Crippen LogP contribution in [-0.4, -0.2) is 38.5 Å². The lowest BCUT2D eigenvalue weighted by molar-refractivity contribution is -0.384. The Hall–Kier alpha value is -2.98. The number of nitrogens with zero attached hydrogens (tertiary/aromatic N) is 1. The van der Waals surface area contributed by atoms with Crippen LogP contribution in [0.4, 0.5) is 11.4 Å². The van der Waals surface area contributed by atoms with E-state index in [2.05, 4.69) is 10.0 Å². The molecular weight excluding hydrogens is 386 g/mol. The Balaban J connectivity index is 1.76. The molecule has 1 aliphatic rings. The number of amides is 1. The highest BCUT2D eigenvalue weighted by Gasteiger charge is 2.21. The van der Waals surface area contributed by atoms with Crippen molar-refractivity contribution in [2.45, 2.75) is 23.8 Å². The molecule has 0 spiro atoms. The number of hydrogen-bond donors (Lipinski definition) is 2. The van der Waals surface area contributed by atoms with Crippen LogP contribution in [0.2, 0.25) is 0 Å². The minimum Gasteiger partial charge on any atom is -0.376 e. The Morgan fingerprint density at radius 3 is 2.54 bits per heavy atom. The molecule has 28 heavy (non-hydrogen) atoms. The van der Waals surface area contributed by atoms with Gasteiger partial charge in [-0.05, 0) is 37.1 Å². The van der Waals surface area contributed by atoms with Crippen LogP contribution < -0.4 is 10.0 Å². The Morgan fingerprint density at radius 1 is 1.18 bits per heavy atom. The molecule has 1 aliphatic heterocycles. The summed E-state index contributed by atoms with van der Waals surface area (Å²) in [7, 11) is -4.02. The van der Waals surface area contributed by atoms with E-state index in [0.29, 0.717) is 13.2 Å². The summed E-state index contributed by atoms with van der Waals surface area (Å²) in [6, 6.07) is 10.7. The van der Waals surface area contributed by atoms with Crippen molar-refractivity contribution >= 4 is 27.3 Å². The number of sulfonamides is 1. The fraction of sp³-hybridized carbons (Fsp3) is 0.278. The molecule has 2 aromatic rings. The molecule has 2 aromatic carbocycles. The van der Waals surface area contributed by atoms with E-state index in [1.165, 1.54) is 12.1 Å². The summed E-state index contributed by atoms with van der Waals surface area (Å²) in [4.78, 5) is 22.4. The predicted molar refractivity (Wildman–Crippen MR) is 102 cm³/mol. The lowest BCUT2D eigenvalue weighted by Gasteiger charge is -2.14. The van der Waals surface area contributed by atoms with Gasteiger partial charge in [0, 0.05) is 25.3 Å². The van der Waals surface area contributed by atoms with Crippen molar-refractivity contribution in [1.82, 2.24) is 5.32 Å². The second kappa shape index (κ2) is 8.36. The number of nitrogens with one attached hydrogen (secondary N) is 2. The Kier molecular flexibility index (Phi) is 5.90. The molecule has 2 N–H and O–H groups in total. The molecule has 148 valence electrons. The van der Waals surface area contributed by atoms with Crippen LogP contribution in [-0.2, 0) is 14.8 Å². The van der Waals surface area contributed by atoms with Crippen LogP contribution in [0.25, 0.3) is 0 Å². The number of para-hydroxylation sites is 1. The molecule has 9 nitrogen and oxygen atoms in total. The summed E-state index contributed by atoms with van der Waals surface area (Å²) in [6.07, 6.45) is 1.79. The van der Waals surface area contributed by atoms with Crippen molar-refractivity contribution in [2.24, 2.45) is 0 Å². The van der Waals surface area contributed by atoms with Gasteiger partial charge in [-0.2, -0.15) is 0 Å². The van der Waals surface area contributed by atoms with Crippen molar-refractivity contribution in [3.63, 3.8) is 0 Å². The molecule has 0 saturated carbocycles. The molecule has 0 unspecified atom stereocenters. The minimum atomic E-state index is -4.02. The SMILES string of the molecule is O=C(NC[C@@H]1CCCO1)c1ccccc1NS(=O)(=O)c1ccc([N+](=O)[O-])cc1.